The molecule has 0 saturated heterocycles. The van der Waals surface area contributed by atoms with Crippen LogP contribution in [0.5, 0.6) is 0 Å². The highest BCUT2D eigenvalue weighted by Gasteiger charge is 2.18. The molecule has 0 aliphatic rings. The largest absolute Gasteiger partial charge is 0.360 e. The van der Waals surface area contributed by atoms with Crippen molar-refractivity contribution in [3.05, 3.63) is 33.9 Å². The summed E-state index contributed by atoms with van der Waals surface area (Å²) in [5.74, 6) is -0.218. The second-order valence-electron chi connectivity index (χ2n) is 4.86. The summed E-state index contributed by atoms with van der Waals surface area (Å²) in [4.78, 5) is 22.6. The lowest BCUT2D eigenvalue weighted by Crippen LogP contribution is -2.16. The van der Waals surface area contributed by atoms with Crippen molar-refractivity contribution < 1.29 is 9.72 Å². The van der Waals surface area contributed by atoms with Crippen LogP contribution in [0.3, 0.4) is 0 Å². The topological polar surface area (TPSA) is 110 Å². The number of nitro groups is 1. The Kier molecular flexibility index (Phi) is 6.50. The molecule has 8 nitrogen and oxygen atoms in total. The van der Waals surface area contributed by atoms with Crippen molar-refractivity contribution in [2.45, 2.75) is 24.6 Å². The summed E-state index contributed by atoms with van der Waals surface area (Å²) in [6.45, 7) is 4.59. The fraction of sp³-hybridized carbons (Fsp3) is 0.357. The summed E-state index contributed by atoms with van der Waals surface area (Å²) in [5, 5.41) is 25.5. The molecule has 2 aromatic rings. The molecule has 0 fully saturated rings. The highest BCUT2D eigenvalue weighted by Crippen LogP contribution is 2.29. The van der Waals surface area contributed by atoms with E-state index >= 15 is 0 Å². The summed E-state index contributed by atoms with van der Waals surface area (Å²) in [6, 6.07) is 4.67. The third-order valence-electron chi connectivity index (χ3n) is 2.97. The number of hydrogen-bond acceptors (Lipinski definition) is 8. The van der Waals surface area contributed by atoms with Gasteiger partial charge in [0.1, 0.15) is 5.69 Å². The van der Waals surface area contributed by atoms with Gasteiger partial charge < -0.3 is 10.6 Å². The van der Waals surface area contributed by atoms with Gasteiger partial charge in [0.25, 0.3) is 5.69 Å². The molecular formula is C14H17N5O3S2. The van der Waals surface area contributed by atoms with Gasteiger partial charge in [0.05, 0.1) is 10.7 Å². The number of carbonyl (C=O) groups excluding carboxylic acids is 1. The molecule has 1 heterocycles. The number of carbonyl (C=O) groups is 1. The van der Waals surface area contributed by atoms with Crippen molar-refractivity contribution >= 4 is 45.5 Å². The Hall–Kier alpha value is -2.20. The third-order valence-corrected chi connectivity index (χ3v) is 4.99. The number of aromatic nitrogens is 2. The lowest BCUT2D eigenvalue weighted by atomic mass is 10.1. The molecule has 2 rings (SSSR count). The average Bonchev–Trinajstić information content (AvgIpc) is 3.00. The van der Waals surface area contributed by atoms with Gasteiger partial charge in [0.2, 0.25) is 11.0 Å². The molecular weight excluding hydrogens is 350 g/mol. The minimum atomic E-state index is -0.508. The Morgan fingerprint density at radius 2 is 2.21 bits per heavy atom. The standard InChI is InChI=1S/C14H17N5O3S2/c1-3-7-15-13-17-18-14(24-13)23-8-11(20)16-12-9(2)5-4-6-10(12)19(21)22/h4-6H,3,7-8H2,1-2H3,(H,15,17)(H,16,20). The predicted molar refractivity (Wildman–Crippen MR) is 95.9 cm³/mol. The summed E-state index contributed by atoms with van der Waals surface area (Å²) < 4.78 is 0.669. The maximum Gasteiger partial charge on any atom is 0.293 e. The van der Waals surface area contributed by atoms with E-state index in [1.165, 1.54) is 29.2 Å². The van der Waals surface area contributed by atoms with Crippen LogP contribution in [0.1, 0.15) is 18.9 Å². The van der Waals surface area contributed by atoms with Crippen LogP contribution in [-0.4, -0.2) is 33.3 Å². The predicted octanol–water partition coefficient (Wildman–Crippen LogP) is 3.31. The van der Waals surface area contributed by atoms with Gasteiger partial charge in [-0.25, -0.2) is 0 Å². The lowest BCUT2D eigenvalue weighted by molar-refractivity contribution is -0.384. The van der Waals surface area contributed by atoms with E-state index in [-0.39, 0.29) is 23.0 Å². The second kappa shape index (κ2) is 8.60. The number of nitrogens with zero attached hydrogens (tertiary/aromatic N) is 3. The third kappa shape index (κ3) is 4.90. The number of benzene rings is 1. The number of nitro benzene ring substituents is 1. The molecule has 0 atom stereocenters. The molecule has 10 heteroatoms. The first-order valence-electron chi connectivity index (χ1n) is 7.25. The molecule has 0 bridgehead atoms. The highest BCUT2D eigenvalue weighted by atomic mass is 32.2. The van der Waals surface area contributed by atoms with E-state index in [0.29, 0.717) is 15.0 Å². The van der Waals surface area contributed by atoms with Crippen molar-refractivity contribution in [1.29, 1.82) is 0 Å². The van der Waals surface area contributed by atoms with Gasteiger partial charge in [-0.1, -0.05) is 42.2 Å². The Balaban J connectivity index is 1.94. The fourth-order valence-corrected chi connectivity index (χ4v) is 3.42. The maximum atomic E-state index is 12.1. The number of amides is 1. The Morgan fingerprint density at radius 3 is 2.92 bits per heavy atom. The molecule has 128 valence electrons. The number of thioether (sulfide) groups is 1. The van der Waals surface area contributed by atoms with Gasteiger partial charge in [-0.05, 0) is 18.9 Å². The van der Waals surface area contributed by atoms with E-state index < -0.39 is 4.92 Å². The fourth-order valence-electron chi connectivity index (χ4n) is 1.84. The molecule has 0 unspecified atom stereocenters. The minimum Gasteiger partial charge on any atom is -0.360 e. The smallest absolute Gasteiger partial charge is 0.293 e. The van der Waals surface area contributed by atoms with Gasteiger partial charge >= 0.3 is 0 Å². The van der Waals surface area contributed by atoms with Crippen LogP contribution in [0.4, 0.5) is 16.5 Å². The van der Waals surface area contributed by atoms with E-state index in [1.807, 2.05) is 0 Å². The Bertz CT molecular complexity index is 735. The normalized spacial score (nSPS) is 10.4. The van der Waals surface area contributed by atoms with Gasteiger partial charge in [0, 0.05) is 12.6 Å². The van der Waals surface area contributed by atoms with Crippen molar-refractivity contribution in [1.82, 2.24) is 10.2 Å². The molecule has 24 heavy (non-hydrogen) atoms. The monoisotopic (exact) mass is 367 g/mol. The highest BCUT2D eigenvalue weighted by molar-refractivity contribution is 8.01. The molecule has 2 N–H and O–H groups in total. The second-order valence-corrected chi connectivity index (χ2v) is 7.06. The van der Waals surface area contributed by atoms with Crippen molar-refractivity contribution in [3.63, 3.8) is 0 Å². The first-order chi connectivity index (χ1) is 11.5. The number of rotatable bonds is 8. The Labute approximate surface area is 147 Å². The number of para-hydroxylation sites is 1. The zero-order chi connectivity index (χ0) is 17.5. The van der Waals surface area contributed by atoms with Crippen molar-refractivity contribution in [2.75, 3.05) is 22.9 Å². The first-order valence-corrected chi connectivity index (χ1v) is 9.05. The van der Waals surface area contributed by atoms with Crippen LogP contribution >= 0.6 is 23.1 Å². The minimum absolute atomic E-state index is 0.105. The Morgan fingerprint density at radius 1 is 1.42 bits per heavy atom. The molecule has 0 aliphatic heterocycles. The first kappa shape index (κ1) is 18.1. The molecule has 0 spiro atoms. The van der Waals surface area contributed by atoms with Gasteiger partial charge in [-0.15, -0.1) is 10.2 Å². The average molecular weight is 367 g/mol. The van der Waals surface area contributed by atoms with Crippen LogP contribution in [0.15, 0.2) is 22.5 Å². The zero-order valence-corrected chi connectivity index (χ0v) is 14.9. The quantitative estimate of drug-likeness (QED) is 0.418. The van der Waals surface area contributed by atoms with Crippen LogP contribution in [0, 0.1) is 17.0 Å². The van der Waals surface area contributed by atoms with Gasteiger partial charge in [-0.3, -0.25) is 14.9 Å². The zero-order valence-electron chi connectivity index (χ0n) is 13.2. The lowest BCUT2D eigenvalue weighted by Gasteiger charge is -2.08. The maximum absolute atomic E-state index is 12.1. The summed E-state index contributed by atoms with van der Waals surface area (Å²) in [6.07, 6.45) is 0.986. The van der Waals surface area contributed by atoms with Crippen molar-refractivity contribution in [3.8, 4) is 0 Å². The molecule has 0 radical (unpaired) electrons. The van der Waals surface area contributed by atoms with E-state index in [1.54, 1.807) is 19.1 Å². The molecule has 0 aliphatic carbocycles. The van der Waals surface area contributed by atoms with Crippen LogP contribution in [-0.2, 0) is 4.79 Å². The van der Waals surface area contributed by atoms with Crippen LogP contribution in [0.25, 0.3) is 0 Å². The van der Waals surface area contributed by atoms with E-state index in [9.17, 15) is 14.9 Å². The number of aryl methyl sites for hydroxylation is 1. The summed E-state index contributed by atoms with van der Waals surface area (Å²) in [7, 11) is 0. The van der Waals surface area contributed by atoms with Crippen molar-refractivity contribution in [2.24, 2.45) is 0 Å². The van der Waals surface area contributed by atoms with E-state index in [0.717, 1.165) is 13.0 Å². The van der Waals surface area contributed by atoms with Gasteiger partial charge in [0.15, 0.2) is 4.34 Å². The van der Waals surface area contributed by atoms with Gasteiger partial charge in [-0.2, -0.15) is 0 Å². The van der Waals surface area contributed by atoms with Crippen LogP contribution in [0.2, 0.25) is 0 Å². The van der Waals surface area contributed by atoms with E-state index in [4.69, 9.17) is 0 Å². The SMILES string of the molecule is CCCNc1nnc(SCC(=O)Nc2c(C)cccc2[N+](=O)[O-])s1. The summed E-state index contributed by atoms with van der Waals surface area (Å²) in [5.41, 5.74) is 0.760. The molecule has 1 amide bonds. The van der Waals surface area contributed by atoms with E-state index in [2.05, 4.69) is 27.8 Å². The number of hydrogen-bond donors (Lipinski definition) is 2. The molecule has 0 saturated carbocycles. The van der Waals surface area contributed by atoms with Crippen LogP contribution < -0.4 is 10.6 Å². The number of anilines is 2. The number of nitrogens with one attached hydrogen (secondary N) is 2. The molecule has 1 aromatic carbocycles. The molecule has 1 aromatic heterocycles. The summed E-state index contributed by atoms with van der Waals surface area (Å²) >= 11 is 2.62.